The van der Waals surface area contributed by atoms with Crippen LogP contribution in [-0.4, -0.2) is 30.3 Å². The van der Waals surface area contributed by atoms with Gasteiger partial charge in [0.05, 0.1) is 19.6 Å². The number of fused-ring (bicyclic) bond motifs is 3. The van der Waals surface area contributed by atoms with Crippen LogP contribution < -0.4 is 5.73 Å². The summed E-state index contributed by atoms with van der Waals surface area (Å²) in [6, 6.07) is 0. The van der Waals surface area contributed by atoms with Gasteiger partial charge in [-0.3, -0.25) is 4.79 Å². The van der Waals surface area contributed by atoms with Crippen molar-refractivity contribution in [2.24, 2.45) is 23.5 Å². The van der Waals surface area contributed by atoms with Crippen LogP contribution in [0.25, 0.3) is 0 Å². The third-order valence-electron chi connectivity index (χ3n) is 4.25. The molecule has 3 rings (SSSR count). The van der Waals surface area contributed by atoms with Crippen LogP contribution in [0.4, 0.5) is 0 Å². The molecule has 3 aliphatic carbocycles. The average Bonchev–Trinajstić information content (AvgIpc) is 2.28. The highest BCUT2D eigenvalue weighted by Gasteiger charge is 2.51. The second-order valence-corrected chi connectivity index (χ2v) is 5.00. The molecule has 15 heavy (non-hydrogen) atoms. The smallest absolute Gasteiger partial charge is 0.308 e. The van der Waals surface area contributed by atoms with E-state index in [1.54, 1.807) is 0 Å². The number of rotatable bonds is 2. The molecule has 0 aromatic heterocycles. The molecule has 0 heterocycles. The van der Waals surface area contributed by atoms with Gasteiger partial charge in [0, 0.05) is 5.54 Å². The van der Waals surface area contributed by atoms with Crippen LogP contribution in [0, 0.1) is 17.8 Å². The van der Waals surface area contributed by atoms with E-state index in [9.17, 15) is 9.90 Å². The molecule has 0 spiro atoms. The van der Waals surface area contributed by atoms with E-state index in [1.165, 1.54) is 7.11 Å². The van der Waals surface area contributed by atoms with Gasteiger partial charge in [0.15, 0.2) is 0 Å². The van der Waals surface area contributed by atoms with Crippen LogP contribution in [0.1, 0.15) is 25.7 Å². The molecule has 0 aromatic carbocycles. The summed E-state index contributed by atoms with van der Waals surface area (Å²) < 4.78 is 4.80. The maximum Gasteiger partial charge on any atom is 0.308 e. The number of ether oxygens (including phenoxy) is 1. The van der Waals surface area contributed by atoms with Crippen molar-refractivity contribution >= 4 is 5.97 Å². The van der Waals surface area contributed by atoms with Gasteiger partial charge in [-0.15, -0.1) is 0 Å². The molecule has 3 fully saturated rings. The molecule has 3 N–H and O–H groups in total. The number of esters is 1. The van der Waals surface area contributed by atoms with Gasteiger partial charge in [-0.05, 0) is 37.5 Å². The number of methoxy groups -OCH3 is 1. The van der Waals surface area contributed by atoms with Gasteiger partial charge in [0.2, 0.25) is 0 Å². The first-order valence-corrected chi connectivity index (χ1v) is 5.58. The van der Waals surface area contributed by atoms with Crippen molar-refractivity contribution in [3.05, 3.63) is 0 Å². The zero-order valence-corrected chi connectivity index (χ0v) is 9.11. The highest BCUT2D eigenvalue weighted by Crippen LogP contribution is 2.49. The zero-order chi connectivity index (χ0) is 11.1. The minimum atomic E-state index is -0.451. The number of hydrogen-bond acceptors (Lipinski definition) is 4. The van der Waals surface area contributed by atoms with Crippen LogP contribution >= 0.6 is 0 Å². The first-order chi connectivity index (χ1) is 7.10. The summed E-state index contributed by atoms with van der Waals surface area (Å²) in [4.78, 5) is 11.5. The summed E-state index contributed by atoms with van der Waals surface area (Å²) in [6.07, 6.45) is 3.63. The fourth-order valence-corrected chi connectivity index (χ4v) is 3.29. The average molecular weight is 213 g/mol. The van der Waals surface area contributed by atoms with Gasteiger partial charge in [-0.2, -0.15) is 0 Å². The fraction of sp³-hybridized carbons (Fsp3) is 0.909. The van der Waals surface area contributed by atoms with Crippen LogP contribution in [-0.2, 0) is 9.53 Å². The Balaban J connectivity index is 2.12. The molecule has 86 valence electrons. The Labute approximate surface area is 89.8 Å². The highest BCUT2D eigenvalue weighted by molar-refractivity contribution is 5.73. The van der Waals surface area contributed by atoms with Gasteiger partial charge in [-0.1, -0.05) is 0 Å². The van der Waals surface area contributed by atoms with Crippen LogP contribution in [0.3, 0.4) is 0 Å². The van der Waals surface area contributed by atoms with E-state index >= 15 is 0 Å². The number of aliphatic hydroxyl groups is 1. The highest BCUT2D eigenvalue weighted by atomic mass is 16.5. The van der Waals surface area contributed by atoms with Crippen molar-refractivity contribution < 1.29 is 14.6 Å². The lowest BCUT2D eigenvalue weighted by Gasteiger charge is -2.51. The summed E-state index contributed by atoms with van der Waals surface area (Å²) in [6.45, 7) is 0.0298. The number of nitrogens with two attached hydrogens (primary N) is 1. The van der Waals surface area contributed by atoms with E-state index in [4.69, 9.17) is 10.5 Å². The molecule has 3 saturated carbocycles. The van der Waals surface area contributed by atoms with E-state index < -0.39 is 5.54 Å². The Morgan fingerprint density at radius 1 is 1.60 bits per heavy atom. The lowest BCUT2D eigenvalue weighted by atomic mass is 9.57. The number of hydrogen-bond donors (Lipinski definition) is 2. The number of carbonyl (C=O) groups excluding carboxylic acids is 1. The Kier molecular flexibility index (Phi) is 2.73. The molecular formula is C11H19NO3. The summed E-state index contributed by atoms with van der Waals surface area (Å²) in [5.41, 5.74) is 5.69. The molecule has 0 aliphatic heterocycles. The van der Waals surface area contributed by atoms with Crippen molar-refractivity contribution in [2.45, 2.75) is 31.2 Å². The van der Waals surface area contributed by atoms with Crippen LogP contribution in [0.2, 0.25) is 0 Å². The molecular weight excluding hydrogens is 194 g/mol. The van der Waals surface area contributed by atoms with Gasteiger partial charge in [0.25, 0.3) is 0 Å². The van der Waals surface area contributed by atoms with E-state index in [-0.39, 0.29) is 24.4 Å². The van der Waals surface area contributed by atoms with Crippen molar-refractivity contribution in [3.8, 4) is 0 Å². The largest absolute Gasteiger partial charge is 0.469 e. The molecule has 4 nitrogen and oxygen atoms in total. The normalized spacial score (nSPS) is 44.1. The maximum absolute atomic E-state index is 11.5. The number of aliphatic hydroxyl groups excluding tert-OH is 1. The summed E-state index contributed by atoms with van der Waals surface area (Å²) in [7, 11) is 1.44. The van der Waals surface area contributed by atoms with Crippen molar-refractivity contribution in [3.63, 3.8) is 0 Å². The van der Waals surface area contributed by atoms with E-state index in [2.05, 4.69) is 0 Å². The van der Waals surface area contributed by atoms with Crippen molar-refractivity contribution in [2.75, 3.05) is 13.7 Å². The van der Waals surface area contributed by atoms with Gasteiger partial charge in [-0.25, -0.2) is 0 Å². The predicted octanol–water partition coefficient (Wildman–Crippen LogP) is 0.285. The van der Waals surface area contributed by atoms with Crippen LogP contribution in [0.15, 0.2) is 0 Å². The number of carbonyl (C=O) groups is 1. The SMILES string of the molecule is COC(=O)C1CC2CCC1CC2(N)CO. The maximum atomic E-state index is 11.5. The second-order valence-electron chi connectivity index (χ2n) is 5.00. The van der Waals surface area contributed by atoms with Gasteiger partial charge in [0.1, 0.15) is 0 Å². The third-order valence-corrected chi connectivity index (χ3v) is 4.25. The lowest BCUT2D eigenvalue weighted by Crippen LogP contribution is -2.60. The Bertz CT molecular complexity index is 269. The fourth-order valence-electron chi connectivity index (χ4n) is 3.29. The quantitative estimate of drug-likeness (QED) is 0.646. The van der Waals surface area contributed by atoms with E-state index in [0.717, 1.165) is 25.7 Å². The summed E-state index contributed by atoms with van der Waals surface area (Å²) in [5, 5.41) is 9.31. The Morgan fingerprint density at radius 3 is 2.80 bits per heavy atom. The third kappa shape index (κ3) is 1.66. The summed E-state index contributed by atoms with van der Waals surface area (Å²) in [5.74, 6) is 0.484. The minimum absolute atomic E-state index is 0.0111. The van der Waals surface area contributed by atoms with Crippen molar-refractivity contribution in [1.82, 2.24) is 0 Å². The molecule has 4 heteroatoms. The lowest BCUT2D eigenvalue weighted by molar-refractivity contribution is -0.154. The van der Waals surface area contributed by atoms with Gasteiger partial charge < -0.3 is 15.6 Å². The van der Waals surface area contributed by atoms with E-state index in [0.29, 0.717) is 5.92 Å². The van der Waals surface area contributed by atoms with Crippen LogP contribution in [0.5, 0.6) is 0 Å². The van der Waals surface area contributed by atoms with Gasteiger partial charge >= 0.3 is 5.97 Å². The van der Waals surface area contributed by atoms with E-state index in [1.807, 2.05) is 0 Å². The molecule has 0 aromatic rings. The standard InChI is InChI=1S/C11H19NO3/c1-15-10(14)9-4-8-3-2-7(9)5-11(8,12)6-13/h7-9,13H,2-6,12H2,1H3. The van der Waals surface area contributed by atoms with Crippen molar-refractivity contribution in [1.29, 1.82) is 0 Å². The molecule has 0 amide bonds. The molecule has 3 aliphatic rings. The monoisotopic (exact) mass is 213 g/mol. The summed E-state index contributed by atoms with van der Waals surface area (Å²) >= 11 is 0. The molecule has 0 radical (unpaired) electrons. The molecule has 4 atom stereocenters. The Morgan fingerprint density at radius 2 is 2.33 bits per heavy atom. The molecule has 2 bridgehead atoms. The first kappa shape index (κ1) is 10.9. The molecule has 0 saturated heterocycles. The predicted molar refractivity (Wildman–Crippen MR) is 55.0 cm³/mol. The topological polar surface area (TPSA) is 72.5 Å². The first-order valence-electron chi connectivity index (χ1n) is 5.58. The zero-order valence-electron chi connectivity index (χ0n) is 9.11. The Hall–Kier alpha value is -0.610. The second kappa shape index (κ2) is 3.76. The minimum Gasteiger partial charge on any atom is -0.469 e. The molecule has 4 unspecified atom stereocenters.